The molecule has 1 aromatic carbocycles. The third-order valence-corrected chi connectivity index (χ3v) is 8.12. The fourth-order valence-electron chi connectivity index (χ4n) is 6.17. The van der Waals surface area contributed by atoms with Gasteiger partial charge in [-0.05, 0) is 66.6 Å². The number of H-pyrrole nitrogens is 1. The molecule has 2 fully saturated rings. The van der Waals surface area contributed by atoms with Crippen molar-refractivity contribution in [3.8, 4) is 11.3 Å². The van der Waals surface area contributed by atoms with Crippen molar-refractivity contribution < 1.29 is 9.47 Å². The molecule has 3 aromatic heterocycles. The maximum Gasteiger partial charge on any atom is 0.161 e. The molecule has 7 rings (SSSR count). The van der Waals surface area contributed by atoms with Crippen LogP contribution in [0.1, 0.15) is 60.8 Å². The molecule has 2 saturated heterocycles. The highest BCUT2D eigenvalue weighted by atomic mass is 16.5. The van der Waals surface area contributed by atoms with E-state index in [9.17, 15) is 0 Å². The number of aromatic nitrogens is 4. The van der Waals surface area contributed by atoms with Crippen molar-refractivity contribution in [1.82, 2.24) is 24.5 Å². The largest absolute Gasteiger partial charge is 0.378 e. The molecule has 7 nitrogen and oxygen atoms in total. The van der Waals surface area contributed by atoms with Gasteiger partial charge < -0.3 is 14.5 Å². The first-order valence-electron chi connectivity index (χ1n) is 12.6. The van der Waals surface area contributed by atoms with E-state index in [0.29, 0.717) is 31.1 Å². The molecule has 0 saturated carbocycles. The number of pyridine rings is 1. The summed E-state index contributed by atoms with van der Waals surface area (Å²) in [6.45, 7) is 9.98. The van der Waals surface area contributed by atoms with Crippen molar-refractivity contribution >= 4 is 16.6 Å². The van der Waals surface area contributed by atoms with Gasteiger partial charge in [0.05, 0.1) is 38.2 Å². The molecule has 34 heavy (non-hydrogen) atoms. The van der Waals surface area contributed by atoms with Crippen LogP contribution in [0.2, 0.25) is 0 Å². The minimum atomic E-state index is 0.392. The lowest BCUT2D eigenvalue weighted by Gasteiger charge is -2.41. The Hall–Kier alpha value is -2.74. The Morgan fingerprint density at radius 3 is 2.65 bits per heavy atom. The van der Waals surface area contributed by atoms with Gasteiger partial charge in [0.2, 0.25) is 0 Å². The molecule has 0 amide bonds. The highest BCUT2D eigenvalue weighted by Crippen LogP contribution is 2.41. The highest BCUT2D eigenvalue weighted by molar-refractivity contribution is 5.93. The van der Waals surface area contributed by atoms with Crippen LogP contribution in [-0.4, -0.2) is 56.8 Å². The van der Waals surface area contributed by atoms with Crippen LogP contribution in [0.25, 0.3) is 27.8 Å². The molecule has 0 atom stereocenters. The van der Waals surface area contributed by atoms with E-state index in [0.717, 1.165) is 24.4 Å². The quantitative estimate of drug-likeness (QED) is 0.485. The number of piperidine rings is 1. The predicted molar refractivity (Wildman–Crippen MR) is 131 cm³/mol. The zero-order valence-corrected chi connectivity index (χ0v) is 19.9. The lowest BCUT2D eigenvalue weighted by Crippen LogP contribution is -2.51. The molecule has 0 bridgehead atoms. The van der Waals surface area contributed by atoms with E-state index < -0.39 is 0 Å². The van der Waals surface area contributed by atoms with Crippen molar-refractivity contribution in [2.75, 3.05) is 26.3 Å². The van der Waals surface area contributed by atoms with Gasteiger partial charge in [0.1, 0.15) is 6.33 Å². The summed E-state index contributed by atoms with van der Waals surface area (Å²) < 4.78 is 13.2. The van der Waals surface area contributed by atoms with Crippen molar-refractivity contribution in [2.24, 2.45) is 0 Å². The smallest absolute Gasteiger partial charge is 0.161 e. The van der Waals surface area contributed by atoms with E-state index in [1.807, 2.05) is 4.52 Å². The average molecular weight is 458 g/mol. The summed E-state index contributed by atoms with van der Waals surface area (Å²) in [7, 11) is 0. The summed E-state index contributed by atoms with van der Waals surface area (Å²) in [6, 6.07) is 7.74. The van der Waals surface area contributed by atoms with E-state index in [1.54, 1.807) is 6.33 Å². The van der Waals surface area contributed by atoms with Gasteiger partial charge in [-0.25, -0.2) is 9.50 Å². The van der Waals surface area contributed by atoms with Crippen LogP contribution in [0.3, 0.4) is 0 Å². The van der Waals surface area contributed by atoms with E-state index in [2.05, 4.69) is 58.2 Å². The Morgan fingerprint density at radius 1 is 1.06 bits per heavy atom. The molecule has 4 aromatic rings. The summed E-state index contributed by atoms with van der Waals surface area (Å²) in [4.78, 5) is 10.9. The number of nitrogens with zero attached hydrogens (tertiary/aromatic N) is 4. The van der Waals surface area contributed by atoms with Crippen LogP contribution in [0, 0.1) is 0 Å². The number of benzene rings is 1. The monoisotopic (exact) mass is 457 g/mol. The molecule has 0 radical (unpaired) electrons. The fraction of sp³-hybridized carbons (Fsp3) is 0.481. The zero-order valence-electron chi connectivity index (χ0n) is 19.9. The van der Waals surface area contributed by atoms with E-state index in [1.165, 1.54) is 64.8 Å². The first-order chi connectivity index (χ1) is 16.7. The SMILES string of the molecule is CC(C)c1c(-c2cn3ncnc3c3c2COC3)[nH]c2ccc(C3CCN(C4COC4)CC3)cc12. The van der Waals surface area contributed by atoms with Gasteiger partial charge >= 0.3 is 0 Å². The van der Waals surface area contributed by atoms with Crippen molar-refractivity contribution in [2.45, 2.75) is 57.8 Å². The van der Waals surface area contributed by atoms with Crippen molar-refractivity contribution in [3.63, 3.8) is 0 Å². The number of ether oxygens (including phenoxy) is 2. The van der Waals surface area contributed by atoms with Gasteiger partial charge in [-0.2, -0.15) is 5.10 Å². The molecular formula is C27H31N5O2. The second-order valence-electron chi connectivity index (χ2n) is 10.4. The maximum absolute atomic E-state index is 5.86. The first-order valence-corrected chi connectivity index (χ1v) is 12.6. The molecule has 3 aliphatic rings. The molecule has 0 aliphatic carbocycles. The number of nitrogens with one attached hydrogen (secondary N) is 1. The second kappa shape index (κ2) is 7.90. The van der Waals surface area contributed by atoms with Gasteiger partial charge in [-0.15, -0.1) is 0 Å². The highest BCUT2D eigenvalue weighted by Gasteiger charge is 2.31. The molecule has 1 N–H and O–H groups in total. The van der Waals surface area contributed by atoms with E-state index in [-0.39, 0.29) is 0 Å². The topological polar surface area (TPSA) is 67.7 Å². The Bertz CT molecular complexity index is 1370. The van der Waals surface area contributed by atoms with Crippen LogP contribution < -0.4 is 0 Å². The number of hydrogen-bond donors (Lipinski definition) is 1. The normalized spacial score (nSPS) is 20.0. The molecule has 6 heterocycles. The summed E-state index contributed by atoms with van der Waals surface area (Å²) >= 11 is 0. The minimum absolute atomic E-state index is 0.392. The number of likely N-dealkylation sites (tertiary alicyclic amines) is 1. The van der Waals surface area contributed by atoms with E-state index in [4.69, 9.17) is 9.47 Å². The number of aromatic amines is 1. The molecule has 0 spiro atoms. The Morgan fingerprint density at radius 2 is 1.88 bits per heavy atom. The van der Waals surface area contributed by atoms with Crippen LogP contribution in [-0.2, 0) is 22.7 Å². The Labute approximate surface area is 199 Å². The summed E-state index contributed by atoms with van der Waals surface area (Å²) in [5, 5.41) is 5.79. The predicted octanol–water partition coefficient (Wildman–Crippen LogP) is 4.61. The van der Waals surface area contributed by atoms with Crippen molar-refractivity contribution in [3.05, 3.63) is 53.0 Å². The summed E-state index contributed by atoms with van der Waals surface area (Å²) in [6.07, 6.45) is 6.20. The maximum atomic E-state index is 5.86. The zero-order chi connectivity index (χ0) is 22.8. The van der Waals surface area contributed by atoms with E-state index >= 15 is 0 Å². The number of hydrogen-bond acceptors (Lipinski definition) is 5. The second-order valence-corrected chi connectivity index (χ2v) is 10.4. The number of rotatable bonds is 4. The van der Waals surface area contributed by atoms with Crippen LogP contribution in [0.4, 0.5) is 0 Å². The molecule has 7 heteroatoms. The van der Waals surface area contributed by atoms with Crippen LogP contribution in [0.5, 0.6) is 0 Å². The lowest BCUT2D eigenvalue weighted by molar-refractivity contribution is -0.0712. The average Bonchev–Trinajstić information content (AvgIpc) is 3.54. The molecular weight excluding hydrogens is 426 g/mol. The third-order valence-electron chi connectivity index (χ3n) is 8.12. The Kier molecular flexibility index (Phi) is 4.79. The fourth-order valence-corrected chi connectivity index (χ4v) is 6.17. The van der Waals surface area contributed by atoms with Gasteiger partial charge in [0.25, 0.3) is 0 Å². The molecule has 0 unspecified atom stereocenters. The van der Waals surface area contributed by atoms with Gasteiger partial charge in [0, 0.05) is 28.2 Å². The molecule has 176 valence electrons. The standard InChI is InChI=1S/C27H31N5O2/c1-16(2)25-20-9-18(17-5-7-31(8-6-17)19-11-33-12-19)3-4-24(20)30-26(25)21-10-32-27(28-15-29-32)23-14-34-13-22(21)23/h3-4,9-10,15-17,19,30H,5-8,11-14H2,1-2H3. The van der Waals surface area contributed by atoms with Crippen LogP contribution >= 0.6 is 0 Å². The van der Waals surface area contributed by atoms with Gasteiger partial charge in [-0.3, -0.25) is 4.90 Å². The summed E-state index contributed by atoms with van der Waals surface area (Å²) in [5.41, 5.74) is 9.75. The minimum Gasteiger partial charge on any atom is -0.378 e. The summed E-state index contributed by atoms with van der Waals surface area (Å²) in [5.74, 6) is 1.02. The molecule has 3 aliphatic heterocycles. The Balaban J connectivity index is 1.29. The van der Waals surface area contributed by atoms with Crippen molar-refractivity contribution in [1.29, 1.82) is 0 Å². The van der Waals surface area contributed by atoms with Crippen LogP contribution in [0.15, 0.2) is 30.7 Å². The third kappa shape index (κ3) is 3.14. The first kappa shape index (κ1) is 20.6. The van der Waals surface area contributed by atoms with Gasteiger partial charge in [-0.1, -0.05) is 19.9 Å². The lowest BCUT2D eigenvalue weighted by atomic mass is 9.87. The van der Waals surface area contributed by atoms with Gasteiger partial charge in [0.15, 0.2) is 5.65 Å². The number of fused-ring (bicyclic) bond motifs is 4.